The predicted octanol–water partition coefficient (Wildman–Crippen LogP) is 6.30. The monoisotopic (exact) mass is 514 g/mol. The summed E-state index contributed by atoms with van der Waals surface area (Å²) in [4.78, 5) is 17.2. The lowest BCUT2D eigenvalue weighted by Crippen LogP contribution is -2.46. The van der Waals surface area contributed by atoms with Crippen molar-refractivity contribution in [3.05, 3.63) is 71.8 Å². The van der Waals surface area contributed by atoms with Crippen LogP contribution >= 0.6 is 24.2 Å². The Labute approximate surface area is 221 Å². The minimum atomic E-state index is -0.238. The number of fused-ring (bicyclic) bond motifs is 2. The third-order valence-corrected chi connectivity index (χ3v) is 9.19. The van der Waals surface area contributed by atoms with Gasteiger partial charge in [-0.15, -0.1) is 24.2 Å². The van der Waals surface area contributed by atoms with E-state index < -0.39 is 0 Å². The number of nitrogens with zero attached hydrogens (tertiary/aromatic N) is 2. The van der Waals surface area contributed by atoms with Crippen molar-refractivity contribution in [3.63, 3.8) is 0 Å². The maximum atomic E-state index is 12.4. The molecule has 3 aliphatic heterocycles. The van der Waals surface area contributed by atoms with E-state index in [9.17, 15) is 4.79 Å². The number of hydrogen-bond acceptors (Lipinski definition) is 4. The van der Waals surface area contributed by atoms with Crippen LogP contribution < -0.4 is 0 Å². The number of thioether (sulfide) groups is 1. The second-order valence-corrected chi connectivity index (χ2v) is 12.2. The molecule has 0 N–H and O–H groups in total. The first-order valence-electron chi connectivity index (χ1n) is 13.0. The highest BCUT2D eigenvalue weighted by Gasteiger charge is 2.42. The van der Waals surface area contributed by atoms with Gasteiger partial charge in [-0.25, -0.2) is 0 Å². The molecule has 5 rings (SSSR count). The van der Waals surface area contributed by atoms with Crippen LogP contribution in [0.1, 0.15) is 69.6 Å². The maximum absolute atomic E-state index is 12.4. The highest BCUT2D eigenvalue weighted by Crippen LogP contribution is 2.40. The summed E-state index contributed by atoms with van der Waals surface area (Å²) < 4.78 is 6.61. The van der Waals surface area contributed by atoms with Gasteiger partial charge in [0.1, 0.15) is 6.10 Å². The van der Waals surface area contributed by atoms with Crippen molar-refractivity contribution in [1.29, 1.82) is 0 Å². The van der Waals surface area contributed by atoms with Crippen molar-refractivity contribution in [2.45, 2.75) is 81.4 Å². The first-order valence-corrected chi connectivity index (χ1v) is 13.9. The van der Waals surface area contributed by atoms with Crippen LogP contribution in [0.2, 0.25) is 0 Å². The first-order chi connectivity index (χ1) is 16.5. The number of rotatable bonds is 9. The minimum Gasteiger partial charge on any atom is -0.365 e. The summed E-state index contributed by atoms with van der Waals surface area (Å²) in [7, 11) is 0. The number of carbonyl (C=O) groups excluding carboxylic acids is 1. The van der Waals surface area contributed by atoms with Gasteiger partial charge < -0.3 is 9.64 Å². The summed E-state index contributed by atoms with van der Waals surface area (Å²) in [6.45, 7) is 6.15. The van der Waals surface area contributed by atoms with E-state index in [4.69, 9.17) is 4.74 Å². The molecule has 0 spiro atoms. The Hall–Kier alpha value is -1.53. The minimum absolute atomic E-state index is 0. The Morgan fingerprint density at radius 3 is 1.97 bits per heavy atom. The van der Waals surface area contributed by atoms with Crippen LogP contribution in [-0.2, 0) is 9.53 Å². The van der Waals surface area contributed by atoms with E-state index in [1.165, 1.54) is 30.4 Å². The van der Waals surface area contributed by atoms with Crippen molar-refractivity contribution in [2.24, 2.45) is 0 Å². The molecule has 3 fully saturated rings. The lowest BCUT2D eigenvalue weighted by atomic mass is 9.97. The van der Waals surface area contributed by atoms with Crippen LogP contribution in [0.3, 0.4) is 0 Å². The van der Waals surface area contributed by atoms with E-state index in [0.29, 0.717) is 24.1 Å². The predicted molar refractivity (Wildman–Crippen MR) is 147 cm³/mol. The molecule has 4 nitrogen and oxygen atoms in total. The first kappa shape index (κ1) is 26.5. The number of hydrogen-bond donors (Lipinski definition) is 0. The van der Waals surface area contributed by atoms with Gasteiger partial charge in [0.05, 0.1) is 16.7 Å². The number of unbranched alkanes of at least 4 members (excludes halogenated alkanes) is 1. The zero-order valence-corrected chi connectivity index (χ0v) is 22.6. The molecular weight excluding hydrogens is 476 g/mol. The van der Waals surface area contributed by atoms with Crippen LogP contribution in [0.5, 0.6) is 0 Å². The molecule has 2 atom stereocenters. The lowest BCUT2D eigenvalue weighted by molar-refractivity contribution is -0.130. The third-order valence-electron chi connectivity index (χ3n) is 7.85. The van der Waals surface area contributed by atoms with E-state index in [-0.39, 0.29) is 23.3 Å². The van der Waals surface area contributed by atoms with Crippen LogP contribution in [0.4, 0.5) is 0 Å². The smallest absolute Gasteiger partial charge is 0.238 e. The molecule has 0 radical (unpaired) electrons. The molecule has 190 valence electrons. The number of carbonyl (C=O) groups is 1. The molecule has 0 saturated carbocycles. The fourth-order valence-corrected chi connectivity index (χ4v) is 6.98. The van der Waals surface area contributed by atoms with Gasteiger partial charge in [0.15, 0.2) is 0 Å². The van der Waals surface area contributed by atoms with Crippen LogP contribution in [0.25, 0.3) is 0 Å². The van der Waals surface area contributed by atoms with Gasteiger partial charge in [0.25, 0.3) is 0 Å². The van der Waals surface area contributed by atoms with E-state index >= 15 is 0 Å². The van der Waals surface area contributed by atoms with Crippen molar-refractivity contribution < 1.29 is 9.53 Å². The Balaban J connectivity index is 0.00000289. The Kier molecular flexibility index (Phi) is 8.85. The van der Waals surface area contributed by atoms with Crippen LogP contribution in [-0.4, -0.2) is 57.6 Å². The molecule has 2 aromatic carbocycles. The van der Waals surface area contributed by atoms with E-state index in [1.807, 2.05) is 18.7 Å². The van der Waals surface area contributed by atoms with Gasteiger partial charge in [-0.2, -0.15) is 0 Å². The lowest BCUT2D eigenvalue weighted by Gasteiger charge is -2.40. The Morgan fingerprint density at radius 1 is 0.914 bits per heavy atom. The van der Waals surface area contributed by atoms with Crippen LogP contribution in [0, 0.1) is 0 Å². The van der Waals surface area contributed by atoms with Gasteiger partial charge in [0, 0.05) is 18.6 Å². The number of piperidine rings is 1. The number of ether oxygens (including phenoxy) is 1. The topological polar surface area (TPSA) is 32.8 Å². The standard InChI is InChI=1S/C29H38N2O2S.ClH/c1-29(2)28(32)30(21-34-29)17-9-10-18-31-24-15-16-25(31)20-26(19-24)33-27(22-11-5-3-6-12-22)23-13-7-4-8-14-23;/h3-8,11-14,24-27H,9-10,15-21H2,1-2H3;1H. The summed E-state index contributed by atoms with van der Waals surface area (Å²) in [5.41, 5.74) is 2.47. The SMILES string of the molecule is CC1(C)SCN(CCCCN2C3CCC2CC(OC(c2ccccc2)c2ccccc2)C3)C1=O.Cl. The molecule has 0 aromatic heterocycles. The second-order valence-electron chi connectivity index (χ2n) is 10.6. The normalized spacial score (nSPS) is 25.7. The molecule has 35 heavy (non-hydrogen) atoms. The van der Waals surface area contributed by atoms with Crippen molar-refractivity contribution >= 4 is 30.1 Å². The molecule has 2 aromatic rings. The molecule has 2 bridgehead atoms. The van der Waals surface area contributed by atoms with E-state index in [0.717, 1.165) is 38.2 Å². The Bertz CT molecular complexity index is 904. The highest BCUT2D eigenvalue weighted by molar-refractivity contribution is 8.01. The van der Waals surface area contributed by atoms with Gasteiger partial charge in [-0.3, -0.25) is 9.69 Å². The van der Waals surface area contributed by atoms with Crippen molar-refractivity contribution in [3.8, 4) is 0 Å². The maximum Gasteiger partial charge on any atom is 0.238 e. The molecule has 3 saturated heterocycles. The third kappa shape index (κ3) is 6.07. The molecule has 6 heteroatoms. The van der Waals surface area contributed by atoms with Crippen molar-refractivity contribution in [1.82, 2.24) is 9.80 Å². The van der Waals surface area contributed by atoms with E-state index in [2.05, 4.69) is 65.6 Å². The summed E-state index contributed by atoms with van der Waals surface area (Å²) in [6.07, 6.45) is 7.42. The largest absolute Gasteiger partial charge is 0.365 e. The number of amides is 1. The zero-order chi connectivity index (χ0) is 23.5. The molecule has 0 aliphatic carbocycles. The molecule has 3 heterocycles. The number of halogens is 1. The van der Waals surface area contributed by atoms with Crippen LogP contribution in [0.15, 0.2) is 60.7 Å². The molecular formula is C29H39ClN2O2S. The summed E-state index contributed by atoms with van der Waals surface area (Å²) >= 11 is 1.77. The molecule has 1 amide bonds. The number of benzene rings is 2. The fourth-order valence-electron chi connectivity index (χ4n) is 6.00. The highest BCUT2D eigenvalue weighted by atomic mass is 35.5. The van der Waals surface area contributed by atoms with Gasteiger partial charge in [0.2, 0.25) is 5.91 Å². The average Bonchev–Trinajstić information content (AvgIpc) is 3.25. The Morgan fingerprint density at radius 2 is 1.46 bits per heavy atom. The summed E-state index contributed by atoms with van der Waals surface area (Å²) in [5.74, 6) is 1.16. The molecule has 3 aliphatic rings. The van der Waals surface area contributed by atoms with Gasteiger partial charge in [-0.1, -0.05) is 60.7 Å². The average molecular weight is 515 g/mol. The fraction of sp³-hybridized carbons (Fsp3) is 0.552. The second kappa shape index (κ2) is 11.7. The van der Waals surface area contributed by atoms with Gasteiger partial charge in [-0.05, 0) is 70.0 Å². The zero-order valence-electron chi connectivity index (χ0n) is 21.0. The summed E-state index contributed by atoms with van der Waals surface area (Å²) in [6, 6.07) is 22.6. The van der Waals surface area contributed by atoms with Crippen molar-refractivity contribution in [2.75, 3.05) is 19.0 Å². The molecule has 2 unspecified atom stereocenters. The van der Waals surface area contributed by atoms with E-state index in [1.54, 1.807) is 11.8 Å². The van der Waals surface area contributed by atoms with Gasteiger partial charge >= 0.3 is 0 Å². The summed E-state index contributed by atoms with van der Waals surface area (Å²) in [5, 5.41) is 0. The quantitative estimate of drug-likeness (QED) is 0.367.